The highest BCUT2D eigenvalue weighted by molar-refractivity contribution is 7.86. The zero-order valence-corrected chi connectivity index (χ0v) is 16.6. The first-order chi connectivity index (χ1) is 13.8. The van der Waals surface area contributed by atoms with Gasteiger partial charge in [-0.25, -0.2) is 4.18 Å². The van der Waals surface area contributed by atoms with Gasteiger partial charge in [0.25, 0.3) is 10.1 Å². The average Bonchev–Trinajstić information content (AvgIpc) is 3.08. The van der Waals surface area contributed by atoms with E-state index in [2.05, 4.69) is 17.4 Å². The van der Waals surface area contributed by atoms with E-state index in [0.717, 1.165) is 33.2 Å². The number of furan rings is 1. The molecule has 1 unspecified atom stereocenters. The smallest absolute Gasteiger partial charge is 0.268 e. The number of hydrogen-bond donors (Lipinski definition) is 3. The molecule has 0 spiro atoms. The molecule has 4 rings (SSSR count). The van der Waals surface area contributed by atoms with Gasteiger partial charge in [0.15, 0.2) is 0 Å². The quantitative estimate of drug-likeness (QED) is 0.242. The molecule has 0 radical (unpaired) electrons. The average molecular weight is 415 g/mol. The van der Waals surface area contributed by atoms with E-state index in [1.54, 1.807) is 0 Å². The Morgan fingerprint density at radius 2 is 1.76 bits per heavy atom. The molecule has 1 heterocycles. The van der Waals surface area contributed by atoms with Gasteiger partial charge in [-0.1, -0.05) is 42.5 Å². The van der Waals surface area contributed by atoms with Gasteiger partial charge in [-0.2, -0.15) is 8.42 Å². The Labute approximate surface area is 167 Å². The molecular weight excluding hydrogens is 394 g/mol. The topological polar surface area (TPSA) is 109 Å². The van der Waals surface area contributed by atoms with Crippen molar-refractivity contribution in [3.05, 3.63) is 60.4 Å². The SMILES string of the molecule is CS(=O)(=O)OC(O)(CCO)NCc1cc2ccc3c4ccccc4ccc3c2o1. The van der Waals surface area contributed by atoms with Gasteiger partial charge in [-0.05, 0) is 28.3 Å². The number of fused-ring (bicyclic) bond motifs is 5. The van der Waals surface area contributed by atoms with E-state index in [4.69, 9.17) is 13.7 Å². The van der Waals surface area contributed by atoms with E-state index in [0.29, 0.717) is 11.3 Å². The van der Waals surface area contributed by atoms with Crippen molar-refractivity contribution >= 4 is 42.6 Å². The van der Waals surface area contributed by atoms with Crippen molar-refractivity contribution in [3.63, 3.8) is 0 Å². The lowest BCUT2D eigenvalue weighted by molar-refractivity contribution is -0.171. The minimum atomic E-state index is -3.94. The molecule has 0 bridgehead atoms. The van der Waals surface area contributed by atoms with Gasteiger partial charge >= 0.3 is 0 Å². The van der Waals surface area contributed by atoms with Crippen molar-refractivity contribution in [2.24, 2.45) is 0 Å². The summed E-state index contributed by atoms with van der Waals surface area (Å²) >= 11 is 0. The van der Waals surface area contributed by atoms with Crippen LogP contribution in [0.1, 0.15) is 12.2 Å². The van der Waals surface area contributed by atoms with Crippen molar-refractivity contribution in [3.8, 4) is 0 Å². The molecule has 1 atom stereocenters. The molecule has 0 fully saturated rings. The molecular formula is C21H21NO6S. The molecule has 0 aliphatic carbocycles. The Morgan fingerprint density at radius 3 is 2.52 bits per heavy atom. The Bertz CT molecular complexity index is 1300. The number of benzene rings is 3. The van der Waals surface area contributed by atoms with Crippen LogP contribution in [0.5, 0.6) is 0 Å². The maximum Gasteiger partial charge on any atom is 0.268 e. The van der Waals surface area contributed by atoms with Gasteiger partial charge in [-0.3, -0.25) is 5.32 Å². The van der Waals surface area contributed by atoms with Crippen LogP contribution >= 0.6 is 0 Å². The minimum absolute atomic E-state index is 0.00970. The molecule has 4 aromatic rings. The summed E-state index contributed by atoms with van der Waals surface area (Å²) in [6.45, 7) is -0.452. The van der Waals surface area contributed by atoms with Crippen LogP contribution < -0.4 is 5.32 Å². The summed E-state index contributed by atoms with van der Waals surface area (Å²) in [7, 11) is -3.94. The second kappa shape index (κ2) is 7.40. The molecule has 0 amide bonds. The molecule has 29 heavy (non-hydrogen) atoms. The Hall–Kier alpha value is -2.49. The first kappa shape index (κ1) is 19.8. The molecule has 3 N–H and O–H groups in total. The van der Waals surface area contributed by atoms with E-state index in [1.807, 2.05) is 42.5 Å². The van der Waals surface area contributed by atoms with Gasteiger partial charge in [0.2, 0.25) is 5.91 Å². The van der Waals surface area contributed by atoms with Gasteiger partial charge in [0, 0.05) is 23.8 Å². The fourth-order valence-electron chi connectivity index (χ4n) is 3.51. The largest absolute Gasteiger partial charge is 0.459 e. The monoisotopic (exact) mass is 415 g/mol. The predicted molar refractivity (Wildman–Crippen MR) is 111 cm³/mol. The summed E-state index contributed by atoms with van der Waals surface area (Å²) in [5, 5.41) is 27.3. The van der Waals surface area contributed by atoms with Crippen LogP contribution in [-0.4, -0.2) is 37.4 Å². The lowest BCUT2D eigenvalue weighted by Crippen LogP contribution is -2.49. The second-order valence-electron chi connectivity index (χ2n) is 6.98. The van der Waals surface area contributed by atoms with E-state index in [-0.39, 0.29) is 13.0 Å². The molecule has 8 heteroatoms. The molecule has 0 aliphatic rings. The maximum atomic E-state index is 11.4. The minimum Gasteiger partial charge on any atom is -0.459 e. The number of aliphatic hydroxyl groups is 2. The highest BCUT2D eigenvalue weighted by atomic mass is 32.2. The summed E-state index contributed by atoms with van der Waals surface area (Å²) in [6, 6.07) is 18.0. The highest BCUT2D eigenvalue weighted by Crippen LogP contribution is 2.33. The van der Waals surface area contributed by atoms with Crippen LogP contribution in [0.15, 0.2) is 59.0 Å². The highest BCUT2D eigenvalue weighted by Gasteiger charge is 2.32. The lowest BCUT2D eigenvalue weighted by Gasteiger charge is -2.26. The van der Waals surface area contributed by atoms with Crippen molar-refractivity contribution < 1.29 is 27.2 Å². The zero-order valence-electron chi connectivity index (χ0n) is 15.8. The van der Waals surface area contributed by atoms with E-state index in [9.17, 15) is 13.5 Å². The molecule has 3 aromatic carbocycles. The normalized spacial score (nSPS) is 14.6. The van der Waals surface area contributed by atoms with Crippen LogP contribution in [0.2, 0.25) is 0 Å². The third-order valence-electron chi connectivity index (χ3n) is 4.74. The molecule has 0 saturated carbocycles. The van der Waals surface area contributed by atoms with Gasteiger partial charge in [-0.15, -0.1) is 0 Å². The summed E-state index contributed by atoms with van der Waals surface area (Å²) in [5.74, 6) is -1.73. The standard InChI is InChI=1S/C21H21NO6S/c1-29(25,26)28-21(24,10-11-23)22-13-16-12-15-7-8-18-17-5-3-2-4-14(17)6-9-19(18)20(15)27-16/h2-9,12,22-24H,10-11,13H2,1H3. The van der Waals surface area contributed by atoms with Crippen LogP contribution in [0.3, 0.4) is 0 Å². The fourth-order valence-corrected chi connectivity index (χ4v) is 4.16. The Kier molecular flexibility index (Phi) is 5.05. The van der Waals surface area contributed by atoms with Crippen LogP contribution in [0.4, 0.5) is 0 Å². The number of nitrogens with one attached hydrogen (secondary N) is 1. The lowest BCUT2D eigenvalue weighted by atomic mass is 10.0. The van der Waals surface area contributed by atoms with Crippen LogP contribution in [0.25, 0.3) is 32.5 Å². The first-order valence-corrected chi connectivity index (χ1v) is 10.9. The molecule has 1 aromatic heterocycles. The summed E-state index contributed by atoms with van der Waals surface area (Å²) in [5.41, 5.74) is 0.708. The Balaban J connectivity index is 1.68. The number of aliphatic hydroxyl groups excluding tert-OH is 1. The molecule has 152 valence electrons. The molecule has 7 nitrogen and oxygen atoms in total. The first-order valence-electron chi connectivity index (χ1n) is 9.10. The third-order valence-corrected chi connectivity index (χ3v) is 5.31. The van der Waals surface area contributed by atoms with Gasteiger partial charge in [0.1, 0.15) is 11.3 Å². The number of rotatable bonds is 7. The van der Waals surface area contributed by atoms with Crippen molar-refractivity contribution in [2.45, 2.75) is 18.9 Å². The van der Waals surface area contributed by atoms with E-state index < -0.39 is 22.6 Å². The second-order valence-corrected chi connectivity index (χ2v) is 8.55. The predicted octanol–water partition coefficient (Wildman–Crippen LogP) is 2.83. The van der Waals surface area contributed by atoms with Crippen LogP contribution in [0, 0.1) is 0 Å². The van der Waals surface area contributed by atoms with Gasteiger partial charge < -0.3 is 14.6 Å². The summed E-state index contributed by atoms with van der Waals surface area (Å²) in [6.07, 6.45) is 0.504. The Morgan fingerprint density at radius 1 is 1.03 bits per heavy atom. The summed E-state index contributed by atoms with van der Waals surface area (Å²) < 4.78 is 33.5. The van der Waals surface area contributed by atoms with Crippen molar-refractivity contribution in [2.75, 3.05) is 12.9 Å². The molecule has 0 aliphatic heterocycles. The maximum absolute atomic E-state index is 11.4. The third kappa shape index (κ3) is 4.12. The van der Waals surface area contributed by atoms with Crippen LogP contribution in [-0.2, 0) is 20.8 Å². The fraction of sp³-hybridized carbons (Fsp3) is 0.238. The van der Waals surface area contributed by atoms with Gasteiger partial charge in [0.05, 0.1) is 12.8 Å². The number of hydrogen-bond acceptors (Lipinski definition) is 7. The van der Waals surface area contributed by atoms with E-state index >= 15 is 0 Å². The van der Waals surface area contributed by atoms with E-state index in [1.165, 1.54) is 0 Å². The van der Waals surface area contributed by atoms with Crippen molar-refractivity contribution in [1.82, 2.24) is 5.32 Å². The van der Waals surface area contributed by atoms with Crippen molar-refractivity contribution in [1.29, 1.82) is 0 Å². The molecule has 0 saturated heterocycles. The zero-order chi connectivity index (χ0) is 20.6. The summed E-state index contributed by atoms with van der Waals surface area (Å²) in [4.78, 5) is 0.